The van der Waals surface area contributed by atoms with Crippen LogP contribution in [0.3, 0.4) is 0 Å². The first-order valence-corrected chi connectivity index (χ1v) is 4.68. The summed E-state index contributed by atoms with van der Waals surface area (Å²) in [6, 6.07) is 10.7. The standard InChI is InChI=1S/C11H15N.ClH/c12-11(10-7-4-8-10)9-5-2-1-3-6-9;/h1-3,5-6,10-11H,4,7-8,12H2;1H. The summed E-state index contributed by atoms with van der Waals surface area (Å²) >= 11 is 0. The molecule has 0 heterocycles. The molecule has 0 spiro atoms. The van der Waals surface area contributed by atoms with E-state index in [0.717, 1.165) is 5.92 Å². The van der Waals surface area contributed by atoms with Crippen molar-refractivity contribution in [3.63, 3.8) is 0 Å². The Balaban J connectivity index is 0.000000845. The van der Waals surface area contributed by atoms with Crippen LogP contribution in [0, 0.1) is 5.92 Å². The van der Waals surface area contributed by atoms with Gasteiger partial charge in [0, 0.05) is 6.04 Å². The molecule has 0 saturated heterocycles. The first-order chi connectivity index (χ1) is 5.88. The molecule has 1 unspecified atom stereocenters. The zero-order valence-corrected chi connectivity index (χ0v) is 8.46. The fourth-order valence-electron chi connectivity index (χ4n) is 1.75. The minimum Gasteiger partial charge on any atom is -0.324 e. The number of nitrogens with two attached hydrogens (primary N) is 1. The predicted molar refractivity (Wildman–Crippen MR) is 58.0 cm³/mol. The van der Waals surface area contributed by atoms with Gasteiger partial charge in [-0.15, -0.1) is 12.4 Å². The number of hydrogen-bond donors (Lipinski definition) is 1. The van der Waals surface area contributed by atoms with E-state index in [9.17, 15) is 0 Å². The first-order valence-electron chi connectivity index (χ1n) is 4.68. The van der Waals surface area contributed by atoms with E-state index in [1.807, 2.05) is 6.07 Å². The van der Waals surface area contributed by atoms with Crippen LogP contribution in [0.15, 0.2) is 30.3 Å². The van der Waals surface area contributed by atoms with Gasteiger partial charge in [0.25, 0.3) is 0 Å². The van der Waals surface area contributed by atoms with E-state index in [0.29, 0.717) is 0 Å². The zero-order valence-electron chi connectivity index (χ0n) is 7.65. The highest BCUT2D eigenvalue weighted by molar-refractivity contribution is 5.85. The van der Waals surface area contributed by atoms with Crippen LogP contribution in [0.5, 0.6) is 0 Å². The lowest BCUT2D eigenvalue weighted by molar-refractivity contribution is 0.264. The molecule has 1 saturated carbocycles. The van der Waals surface area contributed by atoms with Crippen molar-refractivity contribution < 1.29 is 0 Å². The lowest BCUT2D eigenvalue weighted by atomic mass is 9.78. The van der Waals surface area contributed by atoms with E-state index >= 15 is 0 Å². The molecular weight excluding hydrogens is 182 g/mol. The Bertz CT molecular complexity index is 244. The minimum atomic E-state index is 0. The van der Waals surface area contributed by atoms with Crippen molar-refractivity contribution in [2.24, 2.45) is 11.7 Å². The van der Waals surface area contributed by atoms with Crippen LogP contribution in [0.2, 0.25) is 0 Å². The number of rotatable bonds is 2. The molecule has 2 rings (SSSR count). The highest BCUT2D eigenvalue weighted by atomic mass is 35.5. The van der Waals surface area contributed by atoms with Crippen LogP contribution in [0.1, 0.15) is 30.9 Å². The molecule has 1 aliphatic rings. The molecule has 0 amide bonds. The Morgan fingerprint density at radius 3 is 2.23 bits per heavy atom. The predicted octanol–water partition coefficient (Wildman–Crippen LogP) is 2.91. The van der Waals surface area contributed by atoms with Gasteiger partial charge in [0.1, 0.15) is 0 Å². The average Bonchev–Trinajstić information content (AvgIpc) is 2.03. The Kier molecular flexibility index (Phi) is 3.76. The van der Waals surface area contributed by atoms with Crippen molar-refractivity contribution >= 4 is 12.4 Å². The van der Waals surface area contributed by atoms with Gasteiger partial charge in [-0.2, -0.15) is 0 Å². The summed E-state index contributed by atoms with van der Waals surface area (Å²) in [4.78, 5) is 0. The third-order valence-electron chi connectivity index (χ3n) is 2.84. The molecule has 1 atom stereocenters. The molecule has 1 aromatic carbocycles. The summed E-state index contributed by atoms with van der Waals surface area (Å²) in [6.45, 7) is 0. The Morgan fingerprint density at radius 1 is 1.15 bits per heavy atom. The van der Waals surface area contributed by atoms with Crippen molar-refractivity contribution in [2.45, 2.75) is 25.3 Å². The molecule has 13 heavy (non-hydrogen) atoms. The van der Waals surface area contributed by atoms with Gasteiger partial charge >= 0.3 is 0 Å². The molecule has 0 aromatic heterocycles. The van der Waals surface area contributed by atoms with Gasteiger partial charge in [-0.3, -0.25) is 0 Å². The van der Waals surface area contributed by atoms with Gasteiger partial charge in [0.2, 0.25) is 0 Å². The molecule has 0 radical (unpaired) electrons. The second kappa shape index (κ2) is 4.64. The Labute approximate surface area is 85.7 Å². The molecule has 1 aliphatic carbocycles. The Hall–Kier alpha value is -0.530. The third-order valence-corrected chi connectivity index (χ3v) is 2.84. The van der Waals surface area contributed by atoms with Gasteiger partial charge in [-0.1, -0.05) is 36.8 Å². The second-order valence-corrected chi connectivity index (χ2v) is 3.63. The summed E-state index contributed by atoms with van der Waals surface area (Å²) < 4.78 is 0. The minimum absolute atomic E-state index is 0. The van der Waals surface area contributed by atoms with Crippen LogP contribution < -0.4 is 5.73 Å². The van der Waals surface area contributed by atoms with Crippen molar-refractivity contribution in [3.8, 4) is 0 Å². The molecule has 0 aliphatic heterocycles. The highest BCUT2D eigenvalue weighted by Gasteiger charge is 2.24. The number of hydrogen-bond acceptors (Lipinski definition) is 1. The van der Waals surface area contributed by atoms with Gasteiger partial charge in [0.05, 0.1) is 0 Å². The van der Waals surface area contributed by atoms with Gasteiger partial charge in [-0.25, -0.2) is 0 Å². The molecule has 1 fully saturated rings. The van der Waals surface area contributed by atoms with E-state index in [-0.39, 0.29) is 18.4 Å². The van der Waals surface area contributed by atoms with Crippen molar-refractivity contribution in [1.82, 2.24) is 0 Å². The topological polar surface area (TPSA) is 26.0 Å². The van der Waals surface area contributed by atoms with Crippen molar-refractivity contribution in [2.75, 3.05) is 0 Å². The van der Waals surface area contributed by atoms with E-state index < -0.39 is 0 Å². The Morgan fingerprint density at radius 2 is 1.77 bits per heavy atom. The summed E-state index contributed by atoms with van der Waals surface area (Å²) in [5.41, 5.74) is 7.39. The van der Waals surface area contributed by atoms with E-state index in [1.165, 1.54) is 24.8 Å². The molecule has 1 aromatic rings. The van der Waals surface area contributed by atoms with E-state index in [4.69, 9.17) is 5.73 Å². The smallest absolute Gasteiger partial charge is 0.0323 e. The molecular formula is C11H16ClN. The van der Waals surface area contributed by atoms with Crippen molar-refractivity contribution in [1.29, 1.82) is 0 Å². The van der Waals surface area contributed by atoms with E-state index in [2.05, 4.69) is 24.3 Å². The third kappa shape index (κ3) is 2.23. The fraction of sp³-hybridized carbons (Fsp3) is 0.455. The lowest BCUT2D eigenvalue weighted by Crippen LogP contribution is -2.26. The van der Waals surface area contributed by atoms with Gasteiger partial charge in [-0.05, 0) is 24.3 Å². The SMILES string of the molecule is Cl.NC(c1ccccc1)C1CCC1. The normalized spacial score (nSPS) is 18.5. The first kappa shape index (κ1) is 10.6. The largest absolute Gasteiger partial charge is 0.324 e. The van der Waals surface area contributed by atoms with Crippen LogP contribution in [-0.2, 0) is 0 Å². The van der Waals surface area contributed by atoms with Gasteiger partial charge < -0.3 is 5.73 Å². The maximum atomic E-state index is 6.10. The zero-order chi connectivity index (χ0) is 8.39. The van der Waals surface area contributed by atoms with Gasteiger partial charge in [0.15, 0.2) is 0 Å². The quantitative estimate of drug-likeness (QED) is 0.775. The average molecular weight is 198 g/mol. The molecule has 0 bridgehead atoms. The van der Waals surface area contributed by atoms with Crippen LogP contribution in [-0.4, -0.2) is 0 Å². The lowest BCUT2D eigenvalue weighted by Gasteiger charge is -2.31. The summed E-state index contributed by atoms with van der Waals surface area (Å²) in [6.07, 6.45) is 4.00. The fourth-order valence-corrected chi connectivity index (χ4v) is 1.75. The number of halogens is 1. The number of benzene rings is 1. The van der Waals surface area contributed by atoms with Crippen LogP contribution >= 0.6 is 12.4 Å². The van der Waals surface area contributed by atoms with Crippen LogP contribution in [0.25, 0.3) is 0 Å². The molecule has 72 valence electrons. The van der Waals surface area contributed by atoms with E-state index in [1.54, 1.807) is 0 Å². The summed E-state index contributed by atoms with van der Waals surface area (Å²) in [5.74, 6) is 0.743. The highest BCUT2D eigenvalue weighted by Crippen LogP contribution is 2.35. The maximum Gasteiger partial charge on any atom is 0.0323 e. The summed E-state index contributed by atoms with van der Waals surface area (Å²) in [5, 5.41) is 0. The second-order valence-electron chi connectivity index (χ2n) is 3.63. The maximum absolute atomic E-state index is 6.10. The molecule has 1 nitrogen and oxygen atoms in total. The molecule has 2 N–H and O–H groups in total. The monoisotopic (exact) mass is 197 g/mol. The molecule has 2 heteroatoms. The summed E-state index contributed by atoms with van der Waals surface area (Å²) in [7, 11) is 0. The van der Waals surface area contributed by atoms with Crippen molar-refractivity contribution in [3.05, 3.63) is 35.9 Å². The van der Waals surface area contributed by atoms with Crippen LogP contribution in [0.4, 0.5) is 0 Å².